The molecule has 3 atom stereocenters. The van der Waals surface area contributed by atoms with Crippen LogP contribution < -0.4 is 5.32 Å². The SMILES string of the molecule is CC/C=C\C/C=C\C/C=C\C/C=C\C/C=C\CCCC(=O)OC(CCCCC\C=C/C=C/C=C/CC)CC(=O)NC(CO)C(O)CCCCCCCCCCCCCCC. The van der Waals surface area contributed by atoms with Crippen LogP contribution >= 0.6 is 0 Å². The summed E-state index contributed by atoms with van der Waals surface area (Å²) in [5.74, 6) is -0.588. The minimum absolute atomic E-state index is 0.0262. The molecular weight excluding hydrogens is 743 g/mol. The number of amides is 1. The van der Waals surface area contributed by atoms with E-state index in [4.69, 9.17) is 4.74 Å². The summed E-state index contributed by atoms with van der Waals surface area (Å²) < 4.78 is 5.87. The number of rotatable bonds is 42. The van der Waals surface area contributed by atoms with E-state index in [-0.39, 0.29) is 24.9 Å². The van der Waals surface area contributed by atoms with Gasteiger partial charge >= 0.3 is 5.97 Å². The third-order valence-electron chi connectivity index (χ3n) is 10.5. The lowest BCUT2D eigenvalue weighted by Crippen LogP contribution is -2.46. The predicted octanol–water partition coefficient (Wildman–Crippen LogP) is 14.6. The number of ether oxygens (including phenoxy) is 1. The van der Waals surface area contributed by atoms with Gasteiger partial charge in [0.1, 0.15) is 6.10 Å². The Balaban J connectivity index is 4.69. The highest BCUT2D eigenvalue weighted by molar-refractivity contribution is 5.77. The van der Waals surface area contributed by atoms with E-state index in [1.165, 1.54) is 64.2 Å². The molecule has 0 aromatic heterocycles. The summed E-state index contributed by atoms with van der Waals surface area (Å²) in [6.07, 6.45) is 61.9. The van der Waals surface area contributed by atoms with Crippen LogP contribution in [0, 0.1) is 0 Å². The second-order valence-corrected chi connectivity index (χ2v) is 16.2. The van der Waals surface area contributed by atoms with Crippen molar-refractivity contribution in [2.24, 2.45) is 0 Å². The Labute approximate surface area is 369 Å². The maximum atomic E-state index is 13.2. The highest BCUT2D eigenvalue weighted by Crippen LogP contribution is 2.16. The molecule has 0 aromatic carbocycles. The molecule has 6 heteroatoms. The van der Waals surface area contributed by atoms with Crippen LogP contribution in [0.4, 0.5) is 0 Å². The fraction of sp³-hybridized carbons (Fsp3) is 0.667. The number of allylic oxidation sites excluding steroid dienone is 16. The van der Waals surface area contributed by atoms with Crippen molar-refractivity contribution >= 4 is 11.9 Å². The van der Waals surface area contributed by atoms with E-state index >= 15 is 0 Å². The van der Waals surface area contributed by atoms with Gasteiger partial charge in [0.2, 0.25) is 5.91 Å². The number of carbonyl (C=O) groups is 2. The first-order valence-electron chi connectivity index (χ1n) is 24.5. The van der Waals surface area contributed by atoms with Gasteiger partial charge in [-0.2, -0.15) is 0 Å². The van der Waals surface area contributed by atoms with Crippen molar-refractivity contribution in [3.63, 3.8) is 0 Å². The van der Waals surface area contributed by atoms with E-state index in [1.54, 1.807) is 0 Å². The maximum absolute atomic E-state index is 13.2. The van der Waals surface area contributed by atoms with E-state index < -0.39 is 18.2 Å². The van der Waals surface area contributed by atoms with Crippen LogP contribution in [-0.2, 0) is 14.3 Å². The zero-order valence-corrected chi connectivity index (χ0v) is 38.8. The predicted molar refractivity (Wildman–Crippen MR) is 259 cm³/mol. The number of aliphatic hydroxyl groups excluding tert-OH is 2. The Kier molecular flexibility index (Phi) is 44.3. The number of unbranched alkanes of at least 4 members (excludes halogenated alkanes) is 16. The van der Waals surface area contributed by atoms with Gasteiger partial charge in [0, 0.05) is 6.42 Å². The molecule has 0 bridgehead atoms. The van der Waals surface area contributed by atoms with Crippen LogP contribution in [0.2, 0.25) is 0 Å². The molecule has 342 valence electrons. The standard InChI is InChI=1S/C54H91NO5/c1-4-7-10-13-16-19-22-24-25-26-27-29-32-35-38-41-44-47-54(59)60-50(45-42-39-36-33-30-21-18-15-12-9-6-3)48-53(58)55-51(49-56)52(57)46-43-40-37-34-31-28-23-20-17-14-11-8-5-2/h7,9-10,12,15-16,18-19,21,24-25,27,29-30,35,38,50-52,56-57H,4-6,8,11,13-14,17,20,22-23,26,28,31-34,36-37,39-49H2,1-3H3,(H,55,58)/b10-7-,12-9+,18-15+,19-16-,25-24-,29-27-,30-21-,38-35-. The molecule has 0 spiro atoms. The van der Waals surface area contributed by atoms with E-state index in [2.05, 4.69) is 111 Å². The molecule has 0 fully saturated rings. The Bertz CT molecular complexity index is 1210. The highest BCUT2D eigenvalue weighted by atomic mass is 16.5. The summed E-state index contributed by atoms with van der Waals surface area (Å²) in [5.41, 5.74) is 0. The largest absolute Gasteiger partial charge is 0.462 e. The number of aliphatic hydroxyl groups is 2. The summed E-state index contributed by atoms with van der Waals surface area (Å²) in [6.45, 7) is 6.19. The third-order valence-corrected chi connectivity index (χ3v) is 10.5. The molecular formula is C54H91NO5. The van der Waals surface area contributed by atoms with Crippen LogP contribution in [-0.4, -0.2) is 46.9 Å². The molecule has 60 heavy (non-hydrogen) atoms. The molecule has 0 rings (SSSR count). The summed E-state index contributed by atoms with van der Waals surface area (Å²) >= 11 is 0. The number of hydrogen-bond acceptors (Lipinski definition) is 5. The normalized spacial score (nSPS) is 14.2. The zero-order valence-electron chi connectivity index (χ0n) is 38.8. The fourth-order valence-electron chi connectivity index (χ4n) is 6.82. The quantitative estimate of drug-likeness (QED) is 0.0246. The van der Waals surface area contributed by atoms with Crippen LogP contribution in [0.3, 0.4) is 0 Å². The zero-order chi connectivity index (χ0) is 43.8. The minimum Gasteiger partial charge on any atom is -0.462 e. The number of carbonyl (C=O) groups excluding carboxylic acids is 2. The lowest BCUT2D eigenvalue weighted by atomic mass is 10.0. The first kappa shape index (κ1) is 56.8. The number of esters is 1. The van der Waals surface area contributed by atoms with Crippen molar-refractivity contribution in [3.05, 3.63) is 97.2 Å². The number of nitrogens with one attached hydrogen (secondary N) is 1. The van der Waals surface area contributed by atoms with Gasteiger partial charge in [0.05, 0.1) is 25.2 Å². The topological polar surface area (TPSA) is 95.9 Å². The Morgan fingerprint density at radius 3 is 1.53 bits per heavy atom. The van der Waals surface area contributed by atoms with Crippen molar-refractivity contribution in [1.29, 1.82) is 0 Å². The molecule has 1 amide bonds. The molecule has 6 nitrogen and oxygen atoms in total. The lowest BCUT2D eigenvalue weighted by Gasteiger charge is -2.24. The first-order valence-corrected chi connectivity index (χ1v) is 24.5. The Morgan fingerprint density at radius 1 is 0.517 bits per heavy atom. The maximum Gasteiger partial charge on any atom is 0.306 e. The monoisotopic (exact) mass is 834 g/mol. The lowest BCUT2D eigenvalue weighted by molar-refractivity contribution is -0.151. The summed E-state index contributed by atoms with van der Waals surface area (Å²) in [5, 5.41) is 23.7. The molecule has 0 aliphatic carbocycles. The van der Waals surface area contributed by atoms with Gasteiger partial charge in [-0.05, 0) is 83.5 Å². The van der Waals surface area contributed by atoms with Crippen molar-refractivity contribution in [3.8, 4) is 0 Å². The molecule has 3 N–H and O–H groups in total. The molecule has 3 unspecified atom stereocenters. The second kappa shape index (κ2) is 46.8. The highest BCUT2D eigenvalue weighted by Gasteiger charge is 2.24. The molecule has 0 heterocycles. The number of hydrogen-bond donors (Lipinski definition) is 3. The molecule has 0 aliphatic heterocycles. The van der Waals surface area contributed by atoms with Gasteiger partial charge in [0.15, 0.2) is 0 Å². The van der Waals surface area contributed by atoms with E-state index in [0.717, 1.165) is 89.9 Å². The fourth-order valence-corrected chi connectivity index (χ4v) is 6.82. The third kappa shape index (κ3) is 41.5. The summed E-state index contributed by atoms with van der Waals surface area (Å²) in [6, 6.07) is -0.729. The average molecular weight is 834 g/mol. The minimum atomic E-state index is -0.811. The molecule has 0 radical (unpaired) electrons. The molecule has 0 saturated heterocycles. The van der Waals surface area contributed by atoms with E-state index in [1.807, 2.05) is 12.2 Å². The average Bonchev–Trinajstić information content (AvgIpc) is 3.24. The van der Waals surface area contributed by atoms with Gasteiger partial charge < -0.3 is 20.3 Å². The van der Waals surface area contributed by atoms with Gasteiger partial charge in [0.25, 0.3) is 0 Å². The van der Waals surface area contributed by atoms with Crippen molar-refractivity contribution in [2.45, 2.75) is 225 Å². The van der Waals surface area contributed by atoms with Crippen molar-refractivity contribution in [2.75, 3.05) is 6.61 Å². The molecule has 0 aromatic rings. The van der Waals surface area contributed by atoms with Crippen LogP contribution in [0.15, 0.2) is 97.2 Å². The molecule has 0 aliphatic rings. The Hall–Kier alpha value is -3.22. The van der Waals surface area contributed by atoms with Gasteiger partial charge in [-0.25, -0.2) is 0 Å². The summed E-state index contributed by atoms with van der Waals surface area (Å²) in [4.78, 5) is 26.0. The first-order chi connectivity index (χ1) is 29.5. The molecule has 0 saturated carbocycles. The van der Waals surface area contributed by atoms with Crippen LogP contribution in [0.25, 0.3) is 0 Å². The van der Waals surface area contributed by atoms with Gasteiger partial charge in [-0.1, -0.05) is 208 Å². The van der Waals surface area contributed by atoms with Crippen molar-refractivity contribution < 1.29 is 24.5 Å². The smallest absolute Gasteiger partial charge is 0.306 e. The van der Waals surface area contributed by atoms with Gasteiger partial charge in [-0.3, -0.25) is 9.59 Å². The van der Waals surface area contributed by atoms with Crippen LogP contribution in [0.1, 0.15) is 207 Å². The van der Waals surface area contributed by atoms with Crippen LogP contribution in [0.5, 0.6) is 0 Å². The second-order valence-electron chi connectivity index (χ2n) is 16.2. The van der Waals surface area contributed by atoms with E-state index in [0.29, 0.717) is 25.7 Å². The van der Waals surface area contributed by atoms with Gasteiger partial charge in [-0.15, -0.1) is 0 Å². The van der Waals surface area contributed by atoms with E-state index in [9.17, 15) is 19.8 Å². The van der Waals surface area contributed by atoms with Crippen molar-refractivity contribution in [1.82, 2.24) is 5.32 Å². The Morgan fingerprint density at radius 2 is 0.983 bits per heavy atom. The summed E-state index contributed by atoms with van der Waals surface area (Å²) in [7, 11) is 0.